The van der Waals surface area contributed by atoms with Crippen LogP contribution in [0.2, 0.25) is 0 Å². The zero-order chi connectivity index (χ0) is 39.4. The number of aliphatic hydroxyl groups is 1. The Morgan fingerprint density at radius 1 is 0.870 bits per heavy atom. The van der Waals surface area contributed by atoms with Gasteiger partial charge in [0.2, 0.25) is 5.78 Å². The minimum Gasteiger partial charge on any atom is -0.446 e. The Labute approximate surface area is 329 Å². The summed E-state index contributed by atoms with van der Waals surface area (Å²) in [6.07, 6.45) is 16.5. The first-order chi connectivity index (χ1) is 25.5. The number of alkyl carbamates (subject to hydrolysis) is 1. The monoisotopic (exact) mass is 754 g/mol. The minimum atomic E-state index is -1.09. The summed E-state index contributed by atoms with van der Waals surface area (Å²) in [6.45, 7) is 19.3. The number of nitrogens with one attached hydrogen (secondary N) is 2. The first-order valence-corrected chi connectivity index (χ1v) is 21.9. The molecule has 0 bridgehead atoms. The summed E-state index contributed by atoms with van der Waals surface area (Å²) in [5.74, 6) is 3.69. The molecule has 54 heavy (non-hydrogen) atoms. The molecule has 0 heterocycles. The van der Waals surface area contributed by atoms with Gasteiger partial charge in [-0.2, -0.15) is 0 Å². The molecule has 0 saturated heterocycles. The zero-order valence-corrected chi connectivity index (χ0v) is 36.1. The third-order valence-corrected chi connectivity index (χ3v) is 15.2. The Morgan fingerprint density at radius 3 is 2.20 bits per heavy atom. The van der Waals surface area contributed by atoms with E-state index < -0.39 is 6.10 Å². The highest BCUT2D eigenvalue weighted by Gasteiger charge is 2.64. The van der Waals surface area contributed by atoms with E-state index in [9.17, 15) is 14.7 Å². The third-order valence-electron chi connectivity index (χ3n) is 15.2. The van der Waals surface area contributed by atoms with Gasteiger partial charge in [-0.1, -0.05) is 72.5 Å². The second-order valence-corrected chi connectivity index (χ2v) is 19.9. The Morgan fingerprint density at radius 2 is 1.56 bits per heavy atom. The number of carbonyl (C=O) groups excluding carboxylic acids is 2. The maximum absolute atomic E-state index is 13.0. The summed E-state index contributed by atoms with van der Waals surface area (Å²) in [6, 6.07) is 0. The lowest BCUT2D eigenvalue weighted by molar-refractivity contribution is -0.126. The second-order valence-electron chi connectivity index (χ2n) is 19.9. The van der Waals surface area contributed by atoms with Gasteiger partial charge in [-0.05, 0) is 145 Å². The van der Waals surface area contributed by atoms with Crippen LogP contribution < -0.4 is 10.6 Å². The van der Waals surface area contributed by atoms with Gasteiger partial charge >= 0.3 is 6.09 Å². The van der Waals surface area contributed by atoms with Crippen molar-refractivity contribution >= 4 is 11.9 Å². The van der Waals surface area contributed by atoms with Crippen LogP contribution in [-0.2, 0) is 9.53 Å². The smallest absolute Gasteiger partial charge is 0.407 e. The number of carbonyl (C=O) groups is 2. The van der Waals surface area contributed by atoms with Gasteiger partial charge in [0.15, 0.2) is 6.10 Å². The number of ketones is 1. The van der Waals surface area contributed by atoms with Crippen LogP contribution in [0.15, 0.2) is 23.0 Å². The number of rotatable bonds is 19. The molecule has 3 saturated carbocycles. The van der Waals surface area contributed by atoms with E-state index in [2.05, 4.69) is 101 Å². The van der Waals surface area contributed by atoms with Crippen LogP contribution in [0.3, 0.4) is 0 Å². The van der Waals surface area contributed by atoms with Crippen LogP contribution >= 0.6 is 0 Å². The van der Waals surface area contributed by atoms with E-state index in [1.165, 1.54) is 50.5 Å². The summed E-state index contributed by atoms with van der Waals surface area (Å²) in [4.78, 5) is 32.2. The van der Waals surface area contributed by atoms with Crippen molar-refractivity contribution in [3.8, 4) is 0 Å². The van der Waals surface area contributed by atoms with Crippen LogP contribution in [0.4, 0.5) is 4.79 Å². The van der Waals surface area contributed by atoms with Crippen molar-refractivity contribution in [3.63, 3.8) is 0 Å². The largest absolute Gasteiger partial charge is 0.446 e. The Hall–Kier alpha value is -2.10. The van der Waals surface area contributed by atoms with E-state index in [1.807, 2.05) is 0 Å². The molecule has 3 N–H and O–H groups in total. The predicted octanol–water partition coefficient (Wildman–Crippen LogP) is 7.46. The summed E-state index contributed by atoms with van der Waals surface area (Å²) < 4.78 is 6.04. The van der Waals surface area contributed by atoms with Crippen molar-refractivity contribution in [3.05, 3.63) is 23.0 Å². The SMILES string of the molecule is CC(C)CCC[C@@H](C)[C@H]1CCC2C3(C)CC=C4CC(OC(=O)NCCNC5=C(N(CCCN(C)C)CCCN(C)C)C(O)C5=O)CCC4(C)C3CC[C@@]21C. The van der Waals surface area contributed by atoms with Crippen LogP contribution in [0.5, 0.6) is 0 Å². The highest BCUT2D eigenvalue weighted by molar-refractivity contribution is 6.07. The maximum atomic E-state index is 13.0. The standard InChI is InChI=1S/C45H79N5O4/c1-31(2)14-11-15-32(3)35-16-17-36-44(35,5)23-20-37-43(4)22-19-34(30-33(43)18-21-45(36,37)6)54-42(53)47-25-24-46-38-39(41(52)40(38)51)50(28-12-26-48(7)8)29-13-27-49(9)10/h18,31-32,34-37,41,46,52H,11-17,19-30H2,1-10H3,(H,47,53)/t32-,34?,35-,36?,37?,41?,43?,44-,45?/m1/s1. The summed E-state index contributed by atoms with van der Waals surface area (Å²) in [7, 11) is 8.23. The lowest BCUT2D eigenvalue weighted by Gasteiger charge is -2.63. The van der Waals surface area contributed by atoms with E-state index in [0.29, 0.717) is 41.2 Å². The number of fused-ring (bicyclic) bond motifs is 5. The van der Waals surface area contributed by atoms with Crippen molar-refractivity contribution in [2.45, 2.75) is 137 Å². The third kappa shape index (κ3) is 9.20. The van der Waals surface area contributed by atoms with Gasteiger partial charge in [-0.25, -0.2) is 4.79 Å². The Bertz CT molecular complexity index is 1350. The van der Waals surface area contributed by atoms with Crippen molar-refractivity contribution in [1.82, 2.24) is 25.3 Å². The van der Waals surface area contributed by atoms with Gasteiger partial charge in [0.05, 0.1) is 5.70 Å². The van der Waals surface area contributed by atoms with Crippen LogP contribution in [-0.4, -0.2) is 111 Å². The fraction of sp³-hybridized carbons (Fsp3) is 0.867. The maximum Gasteiger partial charge on any atom is 0.407 e. The van der Waals surface area contributed by atoms with Gasteiger partial charge in [-0.15, -0.1) is 0 Å². The first-order valence-electron chi connectivity index (χ1n) is 21.9. The molecule has 1 amide bonds. The van der Waals surface area contributed by atoms with Crippen LogP contribution in [0, 0.1) is 45.8 Å². The molecule has 0 aliphatic heterocycles. The lowest BCUT2D eigenvalue weighted by atomic mass is 9.41. The predicted molar refractivity (Wildman–Crippen MR) is 220 cm³/mol. The molecule has 9 heteroatoms. The molecule has 3 fully saturated rings. The summed E-state index contributed by atoms with van der Waals surface area (Å²) >= 11 is 0. The number of nitrogens with zero attached hydrogens (tertiary/aromatic N) is 3. The van der Waals surface area contributed by atoms with E-state index in [4.69, 9.17) is 4.74 Å². The van der Waals surface area contributed by atoms with Crippen LogP contribution in [0.25, 0.3) is 0 Å². The number of Topliss-reactive ketones (excluding diaryl/α,β-unsaturated/α-hetero) is 1. The normalized spacial score (nSPS) is 33.9. The van der Waals surface area contributed by atoms with E-state index in [0.717, 1.165) is 88.4 Å². The molecule has 9 nitrogen and oxygen atoms in total. The number of ether oxygens (including phenoxy) is 1. The molecule has 6 unspecified atom stereocenters. The average Bonchev–Trinajstić information content (AvgIpc) is 3.47. The molecule has 0 radical (unpaired) electrons. The van der Waals surface area contributed by atoms with Crippen molar-refractivity contribution in [2.24, 2.45) is 45.8 Å². The summed E-state index contributed by atoms with van der Waals surface area (Å²) in [5.41, 5.74) is 3.68. The topological polar surface area (TPSA) is 97.4 Å². The second kappa shape index (κ2) is 18.0. The molecule has 5 rings (SSSR count). The van der Waals surface area contributed by atoms with Crippen molar-refractivity contribution < 1.29 is 19.4 Å². The lowest BCUT2D eigenvalue weighted by Crippen LogP contribution is -2.56. The molecule has 5 aliphatic carbocycles. The number of amides is 1. The highest BCUT2D eigenvalue weighted by atomic mass is 16.6. The van der Waals surface area contributed by atoms with Gasteiger partial charge < -0.3 is 35.2 Å². The molecule has 5 aliphatic rings. The average molecular weight is 754 g/mol. The molecule has 0 aromatic heterocycles. The molecule has 0 aromatic rings. The Kier molecular flexibility index (Phi) is 14.3. The Balaban J connectivity index is 1.12. The van der Waals surface area contributed by atoms with Crippen molar-refractivity contribution in [2.75, 3.05) is 67.5 Å². The molecule has 308 valence electrons. The van der Waals surface area contributed by atoms with Crippen molar-refractivity contribution in [1.29, 1.82) is 0 Å². The fourth-order valence-corrected chi connectivity index (χ4v) is 12.4. The number of allylic oxidation sites excluding steroid dienone is 1. The molecule has 0 spiro atoms. The van der Waals surface area contributed by atoms with Gasteiger partial charge in [0.1, 0.15) is 11.8 Å². The van der Waals surface area contributed by atoms with Gasteiger partial charge in [0.25, 0.3) is 0 Å². The molecule has 9 atom stereocenters. The molecular weight excluding hydrogens is 675 g/mol. The number of aliphatic hydroxyl groups excluding tert-OH is 1. The minimum absolute atomic E-state index is 0.103. The van der Waals surface area contributed by atoms with E-state index in [1.54, 1.807) is 0 Å². The van der Waals surface area contributed by atoms with Gasteiger partial charge in [-0.3, -0.25) is 4.79 Å². The van der Waals surface area contributed by atoms with E-state index in [-0.39, 0.29) is 23.4 Å². The van der Waals surface area contributed by atoms with Crippen LogP contribution in [0.1, 0.15) is 125 Å². The molecular formula is C45H79N5O4. The molecule has 0 aromatic carbocycles. The quantitative estimate of drug-likeness (QED) is 0.0925. The van der Waals surface area contributed by atoms with Gasteiger partial charge in [0, 0.05) is 32.6 Å². The summed E-state index contributed by atoms with van der Waals surface area (Å²) in [5, 5.41) is 16.8. The first kappa shape index (κ1) is 43.0. The number of hydrogen-bond acceptors (Lipinski definition) is 8. The highest BCUT2D eigenvalue weighted by Crippen LogP contribution is 2.72. The zero-order valence-electron chi connectivity index (χ0n) is 36.1. The van der Waals surface area contributed by atoms with E-state index >= 15 is 0 Å². The number of hydrogen-bond donors (Lipinski definition) is 3. The fourth-order valence-electron chi connectivity index (χ4n) is 12.4.